The molecular formula is C18H13F3N2O2. The second-order valence-corrected chi connectivity index (χ2v) is 5.28. The lowest BCUT2D eigenvalue weighted by Gasteiger charge is -2.13. The largest absolute Gasteiger partial charge is 0.469 e. The number of hydrogen-bond acceptors (Lipinski definition) is 4. The summed E-state index contributed by atoms with van der Waals surface area (Å²) in [6.07, 6.45) is -0.0731. The van der Waals surface area contributed by atoms with E-state index in [4.69, 9.17) is 0 Å². The number of aromatic nitrogens is 1. The third kappa shape index (κ3) is 3.40. The number of ether oxygens (including phenoxy) is 1. The second kappa shape index (κ2) is 6.80. The van der Waals surface area contributed by atoms with Gasteiger partial charge >= 0.3 is 5.97 Å². The highest BCUT2D eigenvalue weighted by atomic mass is 19.2. The maximum absolute atomic E-state index is 13.9. The SMILES string of the molecule is COC(=O)Cc1cc(Nc2ccc(F)c(F)c2F)c2ccccc2n1. The molecule has 1 aromatic heterocycles. The second-order valence-electron chi connectivity index (χ2n) is 5.28. The molecule has 1 heterocycles. The summed E-state index contributed by atoms with van der Waals surface area (Å²) in [5, 5.41) is 3.38. The van der Waals surface area contributed by atoms with Crippen molar-refractivity contribution in [2.24, 2.45) is 0 Å². The number of esters is 1. The van der Waals surface area contributed by atoms with Gasteiger partial charge in [-0.15, -0.1) is 0 Å². The van der Waals surface area contributed by atoms with Crippen molar-refractivity contribution in [2.45, 2.75) is 6.42 Å². The number of nitrogens with one attached hydrogen (secondary N) is 1. The Kier molecular flexibility index (Phi) is 4.56. The molecular weight excluding hydrogens is 333 g/mol. The van der Waals surface area contributed by atoms with Crippen LogP contribution in [-0.2, 0) is 16.0 Å². The summed E-state index contributed by atoms with van der Waals surface area (Å²) in [5.74, 6) is -4.63. The van der Waals surface area contributed by atoms with E-state index in [1.807, 2.05) is 0 Å². The highest BCUT2D eigenvalue weighted by Crippen LogP contribution is 2.29. The summed E-state index contributed by atoms with van der Waals surface area (Å²) in [6.45, 7) is 0. The summed E-state index contributed by atoms with van der Waals surface area (Å²) >= 11 is 0. The van der Waals surface area contributed by atoms with Crippen LogP contribution in [0.2, 0.25) is 0 Å². The molecule has 0 aliphatic carbocycles. The molecule has 0 saturated carbocycles. The van der Waals surface area contributed by atoms with E-state index in [-0.39, 0.29) is 12.1 Å². The molecule has 0 fully saturated rings. The first-order valence-corrected chi connectivity index (χ1v) is 7.35. The van der Waals surface area contributed by atoms with Crippen LogP contribution in [0.25, 0.3) is 10.9 Å². The van der Waals surface area contributed by atoms with Gasteiger partial charge in [-0.05, 0) is 24.3 Å². The van der Waals surface area contributed by atoms with E-state index in [1.165, 1.54) is 7.11 Å². The van der Waals surface area contributed by atoms with Crippen molar-refractivity contribution < 1.29 is 22.7 Å². The van der Waals surface area contributed by atoms with Crippen LogP contribution in [0.5, 0.6) is 0 Å². The molecule has 0 aliphatic rings. The van der Waals surface area contributed by atoms with Crippen LogP contribution in [0.1, 0.15) is 5.69 Å². The molecule has 0 radical (unpaired) electrons. The monoisotopic (exact) mass is 346 g/mol. The molecule has 4 nitrogen and oxygen atoms in total. The summed E-state index contributed by atoms with van der Waals surface area (Å²) in [7, 11) is 1.26. The molecule has 2 aromatic carbocycles. The zero-order valence-corrected chi connectivity index (χ0v) is 13.1. The molecule has 0 spiro atoms. The number of fused-ring (bicyclic) bond motifs is 1. The number of methoxy groups -OCH3 is 1. The normalized spacial score (nSPS) is 10.7. The number of hydrogen-bond donors (Lipinski definition) is 1. The molecule has 3 rings (SSSR count). The van der Waals surface area contributed by atoms with Crippen LogP contribution in [0.15, 0.2) is 42.5 Å². The van der Waals surface area contributed by atoms with E-state index in [0.717, 1.165) is 12.1 Å². The molecule has 1 N–H and O–H groups in total. The third-order valence-electron chi connectivity index (χ3n) is 3.63. The predicted octanol–water partition coefficient (Wildman–Crippen LogP) is 4.11. The van der Waals surface area contributed by atoms with Crippen LogP contribution in [0, 0.1) is 17.5 Å². The summed E-state index contributed by atoms with van der Waals surface area (Å²) in [5.41, 5.74) is 1.15. The zero-order valence-electron chi connectivity index (χ0n) is 13.1. The van der Waals surface area contributed by atoms with Gasteiger partial charge in [0.25, 0.3) is 0 Å². The number of halogens is 3. The maximum atomic E-state index is 13.9. The van der Waals surface area contributed by atoms with Crippen molar-refractivity contribution >= 4 is 28.2 Å². The van der Waals surface area contributed by atoms with Gasteiger partial charge in [0.15, 0.2) is 17.5 Å². The van der Waals surface area contributed by atoms with E-state index in [0.29, 0.717) is 22.3 Å². The highest BCUT2D eigenvalue weighted by molar-refractivity contribution is 5.93. The lowest BCUT2D eigenvalue weighted by atomic mass is 10.1. The zero-order chi connectivity index (χ0) is 18.0. The Morgan fingerprint density at radius 2 is 1.84 bits per heavy atom. The Balaban J connectivity index is 2.08. The van der Waals surface area contributed by atoms with Gasteiger partial charge in [-0.25, -0.2) is 13.2 Å². The standard InChI is InChI=1S/C18H13F3N2O2/c1-25-16(24)9-10-8-15(11-4-2-3-5-13(11)22-10)23-14-7-6-12(19)17(20)18(14)21/h2-8H,9H2,1H3,(H,22,23). The fraction of sp³-hybridized carbons (Fsp3) is 0.111. The summed E-state index contributed by atoms with van der Waals surface area (Å²) in [6, 6.07) is 10.5. The van der Waals surface area contributed by atoms with Gasteiger partial charge in [-0.2, -0.15) is 0 Å². The Morgan fingerprint density at radius 3 is 2.60 bits per heavy atom. The number of carbonyl (C=O) groups is 1. The van der Waals surface area contributed by atoms with Crippen LogP contribution in [0.3, 0.4) is 0 Å². The molecule has 0 aliphatic heterocycles. The number of rotatable bonds is 4. The predicted molar refractivity (Wildman–Crippen MR) is 87.1 cm³/mol. The number of para-hydroxylation sites is 1. The first kappa shape index (κ1) is 16.8. The Hall–Kier alpha value is -3.09. The van der Waals surface area contributed by atoms with Gasteiger partial charge in [0, 0.05) is 11.1 Å². The van der Waals surface area contributed by atoms with Gasteiger partial charge in [0.1, 0.15) is 0 Å². The minimum absolute atomic E-state index is 0.0731. The van der Waals surface area contributed by atoms with Crippen molar-refractivity contribution in [3.05, 3.63) is 65.6 Å². The molecule has 0 atom stereocenters. The summed E-state index contributed by atoms with van der Waals surface area (Å²) in [4.78, 5) is 15.8. The molecule has 3 aromatic rings. The average molecular weight is 346 g/mol. The average Bonchev–Trinajstić information content (AvgIpc) is 2.62. The van der Waals surface area contributed by atoms with Crippen LogP contribution < -0.4 is 5.32 Å². The Bertz CT molecular complexity index is 960. The number of pyridine rings is 1. The van der Waals surface area contributed by atoms with Crippen LogP contribution in [-0.4, -0.2) is 18.1 Å². The number of carbonyl (C=O) groups excluding carboxylic acids is 1. The fourth-order valence-electron chi connectivity index (χ4n) is 2.41. The Morgan fingerprint density at radius 1 is 1.08 bits per heavy atom. The van der Waals surface area contributed by atoms with Crippen molar-refractivity contribution in [2.75, 3.05) is 12.4 Å². The Labute approximate surface area is 141 Å². The van der Waals surface area contributed by atoms with Gasteiger partial charge in [-0.1, -0.05) is 18.2 Å². The van der Waals surface area contributed by atoms with E-state index in [2.05, 4.69) is 15.0 Å². The number of benzene rings is 2. The first-order valence-electron chi connectivity index (χ1n) is 7.35. The first-order chi connectivity index (χ1) is 12.0. The van der Waals surface area contributed by atoms with E-state index in [1.54, 1.807) is 30.3 Å². The minimum Gasteiger partial charge on any atom is -0.469 e. The van der Waals surface area contributed by atoms with Crippen LogP contribution >= 0.6 is 0 Å². The molecule has 0 saturated heterocycles. The molecule has 25 heavy (non-hydrogen) atoms. The fourth-order valence-corrected chi connectivity index (χ4v) is 2.41. The third-order valence-corrected chi connectivity index (χ3v) is 3.63. The van der Waals surface area contributed by atoms with Crippen LogP contribution in [0.4, 0.5) is 24.5 Å². The summed E-state index contributed by atoms with van der Waals surface area (Å²) < 4.78 is 45.1. The van der Waals surface area contributed by atoms with Gasteiger partial charge in [0.05, 0.1) is 30.4 Å². The lowest BCUT2D eigenvalue weighted by Crippen LogP contribution is -2.07. The van der Waals surface area contributed by atoms with Crippen molar-refractivity contribution in [3.63, 3.8) is 0 Å². The molecule has 7 heteroatoms. The van der Waals surface area contributed by atoms with E-state index >= 15 is 0 Å². The van der Waals surface area contributed by atoms with Crippen molar-refractivity contribution in [3.8, 4) is 0 Å². The van der Waals surface area contributed by atoms with E-state index in [9.17, 15) is 18.0 Å². The van der Waals surface area contributed by atoms with Gasteiger partial charge in [-0.3, -0.25) is 9.78 Å². The quantitative estimate of drug-likeness (QED) is 0.571. The molecule has 0 bridgehead atoms. The highest BCUT2D eigenvalue weighted by Gasteiger charge is 2.15. The number of anilines is 2. The molecule has 0 unspecified atom stereocenters. The van der Waals surface area contributed by atoms with Gasteiger partial charge in [0.2, 0.25) is 0 Å². The van der Waals surface area contributed by atoms with E-state index < -0.39 is 23.4 Å². The van der Waals surface area contributed by atoms with Crippen molar-refractivity contribution in [1.82, 2.24) is 4.98 Å². The number of nitrogens with zero attached hydrogens (tertiary/aromatic N) is 1. The maximum Gasteiger partial charge on any atom is 0.311 e. The smallest absolute Gasteiger partial charge is 0.311 e. The molecule has 128 valence electrons. The lowest BCUT2D eigenvalue weighted by molar-refractivity contribution is -0.139. The topological polar surface area (TPSA) is 51.2 Å². The molecule has 0 amide bonds. The van der Waals surface area contributed by atoms with Crippen molar-refractivity contribution in [1.29, 1.82) is 0 Å². The minimum atomic E-state index is -1.56. The van der Waals surface area contributed by atoms with Gasteiger partial charge < -0.3 is 10.1 Å².